The summed E-state index contributed by atoms with van der Waals surface area (Å²) in [6, 6.07) is 16.3. The fraction of sp³-hybridized carbons (Fsp3) is 0.547. The lowest BCUT2D eigenvalue weighted by molar-refractivity contribution is 0.315. The Hall–Kier alpha value is -3.12. The lowest BCUT2D eigenvalue weighted by atomic mass is 9.61. The van der Waals surface area contributed by atoms with Crippen molar-refractivity contribution in [2.75, 3.05) is 0 Å². The molecule has 5 rings (SSSR count). The molecule has 0 radical (unpaired) electrons. The summed E-state index contributed by atoms with van der Waals surface area (Å²) in [7, 11) is 0. The SMILES string of the molecule is C.CC.CC.CC.CC(C)(C)C1=CCC2C(=C1)C=CC1=CC(C(C)(C)C)=CC(CCc3cc(/C=C\c4cccc(C(C)(C)C)c4)cc(C(C)(C)C)c3)C12. The van der Waals surface area contributed by atoms with E-state index in [1.807, 2.05) is 41.5 Å². The zero-order valence-corrected chi connectivity index (χ0v) is 37.0. The predicted octanol–water partition coefficient (Wildman–Crippen LogP) is 16.7. The van der Waals surface area contributed by atoms with Gasteiger partial charge in [0, 0.05) is 0 Å². The van der Waals surface area contributed by atoms with Crippen molar-refractivity contribution in [1.29, 1.82) is 0 Å². The van der Waals surface area contributed by atoms with Crippen LogP contribution in [0.25, 0.3) is 12.2 Å². The van der Waals surface area contributed by atoms with Crippen LogP contribution in [0.2, 0.25) is 0 Å². The van der Waals surface area contributed by atoms with Crippen LogP contribution in [0.1, 0.15) is 173 Å². The number of hydrogen-bond acceptors (Lipinski definition) is 0. The van der Waals surface area contributed by atoms with Crippen molar-refractivity contribution in [2.24, 2.45) is 28.6 Å². The van der Waals surface area contributed by atoms with Crippen molar-refractivity contribution >= 4 is 12.2 Å². The van der Waals surface area contributed by atoms with Gasteiger partial charge >= 0.3 is 0 Å². The Labute approximate surface area is 330 Å². The first-order valence-corrected chi connectivity index (χ1v) is 20.8. The molecular formula is C53H82. The minimum atomic E-state index is 0. The van der Waals surface area contributed by atoms with E-state index in [-0.39, 0.29) is 29.1 Å². The van der Waals surface area contributed by atoms with Crippen molar-refractivity contribution in [3.8, 4) is 0 Å². The van der Waals surface area contributed by atoms with Crippen molar-refractivity contribution in [1.82, 2.24) is 0 Å². The molecule has 2 aromatic rings. The maximum absolute atomic E-state index is 2.66. The highest BCUT2D eigenvalue weighted by Crippen LogP contribution is 2.50. The van der Waals surface area contributed by atoms with Gasteiger partial charge in [0.05, 0.1) is 0 Å². The van der Waals surface area contributed by atoms with Gasteiger partial charge in [-0.15, -0.1) is 0 Å². The highest BCUT2D eigenvalue weighted by Gasteiger charge is 2.39. The van der Waals surface area contributed by atoms with Crippen LogP contribution < -0.4 is 0 Å². The van der Waals surface area contributed by atoms with Gasteiger partial charge in [-0.05, 0) is 109 Å². The molecule has 0 heteroatoms. The van der Waals surface area contributed by atoms with E-state index in [1.54, 1.807) is 0 Å². The van der Waals surface area contributed by atoms with Crippen LogP contribution in [-0.4, -0.2) is 0 Å². The molecule has 0 saturated heterocycles. The van der Waals surface area contributed by atoms with Crippen LogP contribution in [0.3, 0.4) is 0 Å². The first-order chi connectivity index (χ1) is 24.3. The standard InChI is InChI=1S/C46H60.3C2H6.CH4/c1-43(2,3)37-15-13-14-31(25-37)16-17-32-24-33(27-39(26-32)45(7,8)9)18-19-35-29-40(46(10,11)12)30-36-21-20-34-28-38(44(4,5)6)22-23-41(34)42(35)36;3*1-2;/h13-17,20-22,24-30,35,41-42H,18-19,23H2,1-12H3;3*1-2H3;1H4/b17-16-;;;;. The summed E-state index contributed by atoms with van der Waals surface area (Å²) in [6.07, 6.45) is 23.1. The number of rotatable bonds is 5. The van der Waals surface area contributed by atoms with Crippen LogP contribution in [0, 0.1) is 28.6 Å². The van der Waals surface area contributed by atoms with Gasteiger partial charge in [-0.2, -0.15) is 0 Å². The van der Waals surface area contributed by atoms with Crippen molar-refractivity contribution in [3.05, 3.63) is 129 Å². The average molecular weight is 719 g/mol. The molecule has 0 N–H and O–H groups in total. The second-order valence-corrected chi connectivity index (χ2v) is 18.4. The fourth-order valence-corrected chi connectivity index (χ4v) is 7.33. The highest BCUT2D eigenvalue weighted by atomic mass is 14.4. The second-order valence-electron chi connectivity index (χ2n) is 18.4. The molecule has 3 unspecified atom stereocenters. The van der Waals surface area contributed by atoms with Crippen LogP contribution in [0.15, 0.2) is 101 Å². The van der Waals surface area contributed by atoms with Gasteiger partial charge in [-0.3, -0.25) is 0 Å². The monoisotopic (exact) mass is 719 g/mol. The zero-order valence-electron chi connectivity index (χ0n) is 37.0. The largest absolute Gasteiger partial charge is 0.0801 e. The first kappa shape index (κ1) is 47.9. The predicted molar refractivity (Wildman–Crippen MR) is 244 cm³/mol. The third-order valence-electron chi connectivity index (χ3n) is 10.4. The first-order valence-electron chi connectivity index (χ1n) is 20.8. The summed E-state index contributed by atoms with van der Waals surface area (Å²) in [5, 5.41) is 0. The summed E-state index contributed by atoms with van der Waals surface area (Å²) in [4.78, 5) is 0. The third kappa shape index (κ3) is 13.0. The normalized spacial score (nSPS) is 19.5. The summed E-state index contributed by atoms with van der Waals surface area (Å²) >= 11 is 0. The van der Waals surface area contributed by atoms with E-state index >= 15 is 0 Å². The number of benzene rings is 2. The topological polar surface area (TPSA) is 0 Å². The lowest BCUT2D eigenvalue weighted by Crippen LogP contribution is -2.32. The van der Waals surface area contributed by atoms with Crippen molar-refractivity contribution in [2.45, 2.75) is 162 Å². The van der Waals surface area contributed by atoms with E-state index in [2.05, 4.69) is 174 Å². The van der Waals surface area contributed by atoms with E-state index < -0.39 is 0 Å². The number of aryl methyl sites for hydroxylation is 1. The Balaban J connectivity index is 0.00000191. The van der Waals surface area contributed by atoms with Crippen LogP contribution >= 0.6 is 0 Å². The maximum atomic E-state index is 2.66. The third-order valence-corrected chi connectivity index (χ3v) is 10.4. The molecule has 3 aliphatic rings. The Morgan fingerprint density at radius 1 is 0.585 bits per heavy atom. The van der Waals surface area contributed by atoms with E-state index in [4.69, 9.17) is 0 Å². The summed E-state index contributed by atoms with van der Waals surface area (Å²) in [5.74, 6) is 1.63. The van der Waals surface area contributed by atoms with Gasteiger partial charge < -0.3 is 0 Å². The molecule has 0 amide bonds. The molecule has 0 heterocycles. The highest BCUT2D eigenvalue weighted by molar-refractivity contribution is 5.71. The van der Waals surface area contributed by atoms with Gasteiger partial charge in [0.15, 0.2) is 0 Å². The zero-order chi connectivity index (χ0) is 39.7. The Kier molecular flexibility index (Phi) is 18.1. The van der Waals surface area contributed by atoms with Crippen molar-refractivity contribution < 1.29 is 0 Å². The molecule has 3 aliphatic carbocycles. The Morgan fingerprint density at radius 2 is 1.11 bits per heavy atom. The molecule has 0 spiro atoms. The average Bonchev–Trinajstić information content (AvgIpc) is 3.10. The number of allylic oxidation sites excluding steroid dienone is 10. The molecule has 0 fully saturated rings. The molecule has 0 aliphatic heterocycles. The van der Waals surface area contributed by atoms with Crippen LogP contribution in [0.5, 0.6) is 0 Å². The van der Waals surface area contributed by atoms with E-state index in [0.717, 1.165) is 12.8 Å². The van der Waals surface area contributed by atoms with Crippen LogP contribution in [0.4, 0.5) is 0 Å². The molecule has 0 bridgehead atoms. The molecule has 294 valence electrons. The molecule has 53 heavy (non-hydrogen) atoms. The summed E-state index contributed by atoms with van der Waals surface area (Å²) in [5.41, 5.74) is 13.4. The maximum Gasteiger partial charge on any atom is -0.00268 e. The molecule has 0 aromatic heterocycles. The summed E-state index contributed by atoms with van der Waals surface area (Å²) in [6.45, 7) is 40.0. The Morgan fingerprint density at radius 3 is 1.68 bits per heavy atom. The van der Waals surface area contributed by atoms with E-state index in [1.165, 1.54) is 56.5 Å². The fourth-order valence-electron chi connectivity index (χ4n) is 7.33. The van der Waals surface area contributed by atoms with E-state index in [0.29, 0.717) is 17.8 Å². The Bertz CT molecular complexity index is 1630. The van der Waals surface area contributed by atoms with Gasteiger partial charge in [0.2, 0.25) is 0 Å². The smallest absolute Gasteiger partial charge is 0.00268 e. The molecule has 3 atom stereocenters. The lowest BCUT2D eigenvalue weighted by Gasteiger charge is -2.43. The molecule has 0 nitrogen and oxygen atoms in total. The summed E-state index contributed by atoms with van der Waals surface area (Å²) < 4.78 is 0. The van der Waals surface area contributed by atoms with Gasteiger partial charge in [0.1, 0.15) is 0 Å². The second kappa shape index (κ2) is 20.0. The molecular weight excluding hydrogens is 637 g/mol. The molecule has 0 saturated carbocycles. The van der Waals surface area contributed by atoms with E-state index in [9.17, 15) is 0 Å². The quantitative estimate of drug-likeness (QED) is 0.270. The minimum Gasteiger partial charge on any atom is -0.0801 e. The number of hydrogen-bond donors (Lipinski definition) is 0. The van der Waals surface area contributed by atoms with Gasteiger partial charge in [-0.25, -0.2) is 0 Å². The molecule has 2 aromatic carbocycles. The van der Waals surface area contributed by atoms with Crippen LogP contribution in [-0.2, 0) is 17.3 Å². The van der Waals surface area contributed by atoms with Gasteiger partial charge in [-0.1, -0.05) is 223 Å². The minimum absolute atomic E-state index is 0. The number of fused-ring (bicyclic) bond motifs is 3. The van der Waals surface area contributed by atoms with Gasteiger partial charge in [0.25, 0.3) is 0 Å². The van der Waals surface area contributed by atoms with Crippen molar-refractivity contribution in [3.63, 3.8) is 0 Å².